The maximum atomic E-state index is 12.8. The van der Waals surface area contributed by atoms with Crippen LogP contribution in [0, 0.1) is 24.1 Å². The van der Waals surface area contributed by atoms with Gasteiger partial charge in [-0.1, -0.05) is 0 Å². The van der Waals surface area contributed by atoms with E-state index in [1.165, 1.54) is 12.1 Å². The van der Waals surface area contributed by atoms with Crippen molar-refractivity contribution in [3.05, 3.63) is 29.1 Å². The normalized spacial score (nSPS) is 9.18. The van der Waals surface area contributed by atoms with E-state index in [-0.39, 0.29) is 5.69 Å². The van der Waals surface area contributed by atoms with E-state index in [9.17, 15) is 4.39 Å². The molecule has 0 aromatic heterocycles. The number of halogens is 1. The quantitative estimate of drug-likeness (QED) is 0.571. The van der Waals surface area contributed by atoms with E-state index in [0.717, 1.165) is 0 Å². The number of nitrogens with zero attached hydrogens (tertiary/aromatic N) is 1. The predicted molar refractivity (Wildman–Crippen MR) is 40.3 cm³/mol. The van der Waals surface area contributed by atoms with Gasteiger partial charge in [-0.25, -0.2) is 4.39 Å². The molecule has 1 aromatic carbocycles. The van der Waals surface area contributed by atoms with Gasteiger partial charge in [0.2, 0.25) is 0 Å². The van der Waals surface area contributed by atoms with Gasteiger partial charge in [-0.2, -0.15) is 5.26 Å². The number of benzene rings is 1. The van der Waals surface area contributed by atoms with E-state index in [1.54, 1.807) is 6.92 Å². The summed E-state index contributed by atoms with van der Waals surface area (Å²) in [5.41, 5.74) is 6.09. The van der Waals surface area contributed by atoms with E-state index >= 15 is 0 Å². The molecule has 0 radical (unpaired) electrons. The first kappa shape index (κ1) is 7.55. The highest BCUT2D eigenvalue weighted by Crippen LogP contribution is 2.16. The van der Waals surface area contributed by atoms with E-state index in [1.807, 2.05) is 6.07 Å². The van der Waals surface area contributed by atoms with Crippen LogP contribution in [0.15, 0.2) is 12.1 Å². The molecule has 0 saturated heterocycles. The highest BCUT2D eigenvalue weighted by molar-refractivity contribution is 5.49. The molecule has 0 saturated carbocycles. The number of nitriles is 1. The van der Waals surface area contributed by atoms with Crippen LogP contribution in [0.4, 0.5) is 10.1 Å². The fourth-order valence-electron chi connectivity index (χ4n) is 0.861. The third kappa shape index (κ3) is 1.30. The van der Waals surface area contributed by atoms with Crippen molar-refractivity contribution in [2.45, 2.75) is 6.92 Å². The van der Waals surface area contributed by atoms with Gasteiger partial charge in [0.25, 0.3) is 0 Å². The Morgan fingerprint density at radius 2 is 2.18 bits per heavy atom. The van der Waals surface area contributed by atoms with Gasteiger partial charge in [-0.15, -0.1) is 0 Å². The van der Waals surface area contributed by atoms with Crippen LogP contribution in [0.5, 0.6) is 0 Å². The first-order valence-electron chi connectivity index (χ1n) is 3.11. The van der Waals surface area contributed by atoms with Gasteiger partial charge in [-0.05, 0) is 24.6 Å². The van der Waals surface area contributed by atoms with Crippen molar-refractivity contribution in [3.8, 4) is 6.07 Å². The molecule has 2 nitrogen and oxygen atoms in total. The lowest BCUT2D eigenvalue weighted by Crippen LogP contribution is -1.94. The second-order valence-electron chi connectivity index (χ2n) is 2.31. The zero-order chi connectivity index (χ0) is 8.43. The van der Waals surface area contributed by atoms with Crippen molar-refractivity contribution >= 4 is 5.69 Å². The lowest BCUT2D eigenvalue weighted by molar-refractivity contribution is 0.623. The number of hydrogen-bond acceptors (Lipinski definition) is 2. The SMILES string of the molecule is Cc1cc(C#N)cc(N)c1F. The molecule has 0 aliphatic heterocycles. The first-order chi connectivity index (χ1) is 5.15. The molecule has 3 heteroatoms. The van der Waals surface area contributed by atoms with Crippen LogP contribution in [0.2, 0.25) is 0 Å². The summed E-state index contributed by atoms with van der Waals surface area (Å²) < 4.78 is 12.8. The summed E-state index contributed by atoms with van der Waals surface area (Å²) in [4.78, 5) is 0. The second kappa shape index (κ2) is 2.59. The smallest absolute Gasteiger partial charge is 0.149 e. The predicted octanol–water partition coefficient (Wildman–Crippen LogP) is 1.59. The Hall–Kier alpha value is -1.56. The summed E-state index contributed by atoms with van der Waals surface area (Å²) in [6.07, 6.45) is 0. The van der Waals surface area contributed by atoms with Gasteiger partial charge in [0.15, 0.2) is 0 Å². The van der Waals surface area contributed by atoms with Crippen molar-refractivity contribution < 1.29 is 4.39 Å². The maximum absolute atomic E-state index is 12.8. The van der Waals surface area contributed by atoms with Gasteiger partial charge in [0, 0.05) is 0 Å². The Kier molecular flexibility index (Phi) is 1.77. The van der Waals surface area contributed by atoms with E-state index < -0.39 is 5.82 Å². The molecule has 0 aliphatic rings. The lowest BCUT2D eigenvalue weighted by atomic mass is 10.1. The Bertz CT molecular complexity index is 302. The van der Waals surface area contributed by atoms with Crippen molar-refractivity contribution in [1.29, 1.82) is 5.26 Å². The zero-order valence-electron chi connectivity index (χ0n) is 6.06. The number of nitrogens with two attached hydrogens (primary N) is 1. The number of aryl methyl sites for hydroxylation is 1. The van der Waals surface area contributed by atoms with Crippen LogP contribution < -0.4 is 5.73 Å². The van der Waals surface area contributed by atoms with Crippen LogP contribution in [0.3, 0.4) is 0 Å². The average Bonchev–Trinajstić information content (AvgIpc) is 1.99. The molecule has 2 N–H and O–H groups in total. The molecule has 0 fully saturated rings. The van der Waals surface area contributed by atoms with Crippen molar-refractivity contribution in [2.75, 3.05) is 5.73 Å². The number of nitrogen functional groups attached to an aromatic ring is 1. The molecule has 0 aliphatic carbocycles. The van der Waals surface area contributed by atoms with Crippen LogP contribution >= 0.6 is 0 Å². The molecule has 1 rings (SSSR count). The largest absolute Gasteiger partial charge is 0.396 e. The van der Waals surface area contributed by atoms with Crippen LogP contribution in [0.25, 0.3) is 0 Å². The molecule has 56 valence electrons. The van der Waals surface area contributed by atoms with Crippen LogP contribution in [-0.4, -0.2) is 0 Å². The average molecular weight is 150 g/mol. The van der Waals surface area contributed by atoms with Crippen molar-refractivity contribution in [3.63, 3.8) is 0 Å². The molecule has 0 amide bonds. The first-order valence-corrected chi connectivity index (χ1v) is 3.11. The Balaban J connectivity index is 3.35. The monoisotopic (exact) mass is 150 g/mol. The Morgan fingerprint density at radius 1 is 1.55 bits per heavy atom. The fourth-order valence-corrected chi connectivity index (χ4v) is 0.861. The number of hydrogen-bond donors (Lipinski definition) is 1. The molecule has 1 aromatic rings. The van der Waals surface area contributed by atoms with Gasteiger partial charge >= 0.3 is 0 Å². The molecule has 0 spiro atoms. The molecule has 0 unspecified atom stereocenters. The third-order valence-electron chi connectivity index (χ3n) is 1.41. The summed E-state index contributed by atoms with van der Waals surface area (Å²) in [6.45, 7) is 1.58. The highest BCUT2D eigenvalue weighted by atomic mass is 19.1. The molecule has 0 bridgehead atoms. The van der Waals surface area contributed by atoms with Crippen molar-refractivity contribution in [2.24, 2.45) is 0 Å². The Labute approximate surface area is 64.1 Å². The lowest BCUT2D eigenvalue weighted by Gasteiger charge is -1.99. The molecular formula is C8H7FN2. The minimum absolute atomic E-state index is 0.0292. The van der Waals surface area contributed by atoms with Gasteiger partial charge < -0.3 is 5.73 Å². The van der Waals surface area contributed by atoms with E-state index in [2.05, 4.69) is 0 Å². The van der Waals surface area contributed by atoms with E-state index in [0.29, 0.717) is 11.1 Å². The minimum Gasteiger partial charge on any atom is -0.396 e. The van der Waals surface area contributed by atoms with E-state index in [4.69, 9.17) is 11.0 Å². The molecular weight excluding hydrogens is 143 g/mol. The number of anilines is 1. The van der Waals surface area contributed by atoms with Gasteiger partial charge in [-0.3, -0.25) is 0 Å². The zero-order valence-corrected chi connectivity index (χ0v) is 6.06. The second-order valence-corrected chi connectivity index (χ2v) is 2.31. The van der Waals surface area contributed by atoms with Crippen LogP contribution in [0.1, 0.15) is 11.1 Å². The molecule has 11 heavy (non-hydrogen) atoms. The van der Waals surface area contributed by atoms with Gasteiger partial charge in [0.1, 0.15) is 5.82 Å². The van der Waals surface area contributed by atoms with Crippen LogP contribution in [-0.2, 0) is 0 Å². The summed E-state index contributed by atoms with van der Waals surface area (Å²) in [5.74, 6) is -0.441. The summed E-state index contributed by atoms with van der Waals surface area (Å²) in [6, 6.07) is 4.67. The summed E-state index contributed by atoms with van der Waals surface area (Å²) in [7, 11) is 0. The highest BCUT2D eigenvalue weighted by Gasteiger charge is 2.03. The topological polar surface area (TPSA) is 49.8 Å². The standard InChI is InChI=1S/C8H7FN2/c1-5-2-6(4-10)3-7(11)8(5)9/h2-3H,11H2,1H3. The fraction of sp³-hybridized carbons (Fsp3) is 0.125. The summed E-state index contributed by atoms with van der Waals surface area (Å²) in [5, 5.41) is 8.45. The van der Waals surface area contributed by atoms with Gasteiger partial charge in [0.05, 0.1) is 17.3 Å². The molecule has 0 heterocycles. The Morgan fingerprint density at radius 3 is 2.64 bits per heavy atom. The molecule has 0 atom stereocenters. The maximum Gasteiger partial charge on any atom is 0.149 e. The third-order valence-corrected chi connectivity index (χ3v) is 1.41. The summed E-state index contributed by atoms with van der Waals surface area (Å²) >= 11 is 0. The van der Waals surface area contributed by atoms with Crippen molar-refractivity contribution in [1.82, 2.24) is 0 Å². The minimum atomic E-state index is -0.441. The number of rotatable bonds is 0.